The molecule has 18 heavy (non-hydrogen) atoms. The van der Waals surface area contributed by atoms with Crippen LogP contribution in [0.1, 0.15) is 26.3 Å². The molecule has 0 aliphatic heterocycles. The molecule has 0 aromatic carbocycles. The van der Waals surface area contributed by atoms with E-state index in [1.807, 2.05) is 25.4 Å². The highest BCUT2D eigenvalue weighted by Gasteiger charge is 2.04. The van der Waals surface area contributed by atoms with Crippen LogP contribution in [0.3, 0.4) is 0 Å². The lowest BCUT2D eigenvalue weighted by Gasteiger charge is -2.15. The van der Waals surface area contributed by atoms with Crippen LogP contribution >= 0.6 is 0 Å². The Morgan fingerprint density at radius 2 is 2.06 bits per heavy atom. The SMILES string of the molecule is COC(C)CNc1ccncc1CNCC(C)C. The second-order valence-electron chi connectivity index (χ2n) is 4.98. The number of nitrogens with one attached hydrogen (secondary N) is 2. The van der Waals surface area contributed by atoms with Gasteiger partial charge in [0.15, 0.2) is 0 Å². The van der Waals surface area contributed by atoms with Gasteiger partial charge in [-0.15, -0.1) is 0 Å². The lowest BCUT2D eigenvalue weighted by atomic mass is 10.2. The number of nitrogens with zero attached hydrogens (tertiary/aromatic N) is 1. The maximum absolute atomic E-state index is 5.23. The van der Waals surface area contributed by atoms with Gasteiger partial charge in [0, 0.05) is 43.8 Å². The van der Waals surface area contributed by atoms with Crippen LogP contribution in [0.5, 0.6) is 0 Å². The maximum Gasteiger partial charge on any atom is 0.0715 e. The molecule has 0 spiro atoms. The Kier molecular flexibility index (Phi) is 6.68. The second-order valence-corrected chi connectivity index (χ2v) is 4.98. The van der Waals surface area contributed by atoms with Crippen LogP contribution in [0.2, 0.25) is 0 Å². The first-order valence-corrected chi connectivity index (χ1v) is 6.53. The van der Waals surface area contributed by atoms with E-state index < -0.39 is 0 Å². The van der Waals surface area contributed by atoms with Crippen molar-refractivity contribution in [3.63, 3.8) is 0 Å². The van der Waals surface area contributed by atoms with Gasteiger partial charge in [0.1, 0.15) is 0 Å². The minimum absolute atomic E-state index is 0.203. The monoisotopic (exact) mass is 251 g/mol. The molecule has 0 saturated heterocycles. The summed E-state index contributed by atoms with van der Waals surface area (Å²) in [6, 6.07) is 2.01. The van der Waals surface area contributed by atoms with Crippen LogP contribution in [-0.4, -0.2) is 31.3 Å². The molecule has 1 aromatic heterocycles. The van der Waals surface area contributed by atoms with Gasteiger partial charge < -0.3 is 15.4 Å². The molecule has 0 fully saturated rings. The van der Waals surface area contributed by atoms with Crippen molar-refractivity contribution < 1.29 is 4.74 Å². The molecule has 0 aliphatic rings. The predicted molar refractivity (Wildman–Crippen MR) is 75.7 cm³/mol. The third-order valence-electron chi connectivity index (χ3n) is 2.75. The molecular formula is C14H25N3O. The van der Waals surface area contributed by atoms with Gasteiger partial charge in [-0.1, -0.05) is 13.8 Å². The minimum atomic E-state index is 0.203. The number of aromatic nitrogens is 1. The van der Waals surface area contributed by atoms with Gasteiger partial charge in [-0.05, 0) is 25.5 Å². The molecule has 1 unspecified atom stereocenters. The van der Waals surface area contributed by atoms with Gasteiger partial charge in [0.05, 0.1) is 6.10 Å². The highest BCUT2D eigenvalue weighted by Crippen LogP contribution is 2.13. The Morgan fingerprint density at radius 3 is 2.72 bits per heavy atom. The zero-order valence-electron chi connectivity index (χ0n) is 11.9. The van der Waals surface area contributed by atoms with Crippen molar-refractivity contribution in [1.29, 1.82) is 0 Å². The van der Waals surface area contributed by atoms with Crippen LogP contribution in [-0.2, 0) is 11.3 Å². The summed E-state index contributed by atoms with van der Waals surface area (Å²) in [5, 5.41) is 6.83. The van der Waals surface area contributed by atoms with Crippen LogP contribution in [0.15, 0.2) is 18.5 Å². The zero-order valence-corrected chi connectivity index (χ0v) is 11.9. The summed E-state index contributed by atoms with van der Waals surface area (Å²) < 4.78 is 5.23. The lowest BCUT2D eigenvalue weighted by molar-refractivity contribution is 0.129. The number of ether oxygens (including phenoxy) is 1. The predicted octanol–water partition coefficient (Wildman–Crippen LogP) is 2.27. The van der Waals surface area contributed by atoms with Crippen molar-refractivity contribution in [2.75, 3.05) is 25.5 Å². The third kappa shape index (κ3) is 5.47. The number of rotatable bonds is 8. The molecule has 1 atom stereocenters. The van der Waals surface area contributed by atoms with E-state index in [0.717, 1.165) is 25.3 Å². The molecular weight excluding hydrogens is 226 g/mol. The summed E-state index contributed by atoms with van der Waals surface area (Å²) in [6.07, 6.45) is 3.92. The molecule has 102 valence electrons. The number of anilines is 1. The number of pyridine rings is 1. The van der Waals surface area contributed by atoms with Gasteiger partial charge in [0.25, 0.3) is 0 Å². The van der Waals surface area contributed by atoms with E-state index >= 15 is 0 Å². The van der Waals surface area contributed by atoms with Gasteiger partial charge in [-0.25, -0.2) is 0 Å². The molecule has 0 saturated carbocycles. The quantitative estimate of drug-likeness (QED) is 0.744. The summed E-state index contributed by atoms with van der Waals surface area (Å²) >= 11 is 0. The van der Waals surface area contributed by atoms with Crippen LogP contribution in [0.4, 0.5) is 5.69 Å². The smallest absolute Gasteiger partial charge is 0.0715 e. The molecule has 0 bridgehead atoms. The fourth-order valence-corrected chi connectivity index (χ4v) is 1.57. The van der Waals surface area contributed by atoms with Crippen molar-refractivity contribution in [2.45, 2.75) is 33.4 Å². The third-order valence-corrected chi connectivity index (χ3v) is 2.75. The summed E-state index contributed by atoms with van der Waals surface area (Å²) in [4.78, 5) is 4.18. The minimum Gasteiger partial charge on any atom is -0.382 e. The second kappa shape index (κ2) is 8.06. The van der Waals surface area contributed by atoms with Crippen LogP contribution in [0.25, 0.3) is 0 Å². The topological polar surface area (TPSA) is 46.2 Å². The first kappa shape index (κ1) is 14.9. The summed E-state index contributed by atoms with van der Waals surface area (Å²) in [5.74, 6) is 0.659. The first-order chi connectivity index (χ1) is 8.63. The van der Waals surface area contributed by atoms with Gasteiger partial charge in [-0.3, -0.25) is 4.98 Å². The van der Waals surface area contributed by atoms with E-state index in [1.54, 1.807) is 7.11 Å². The lowest BCUT2D eigenvalue weighted by Crippen LogP contribution is -2.22. The Hall–Kier alpha value is -1.13. The van der Waals surface area contributed by atoms with Crippen molar-refractivity contribution in [3.05, 3.63) is 24.0 Å². The van der Waals surface area contributed by atoms with Gasteiger partial charge in [-0.2, -0.15) is 0 Å². The highest BCUT2D eigenvalue weighted by molar-refractivity contribution is 5.49. The summed E-state index contributed by atoms with van der Waals surface area (Å²) in [7, 11) is 1.73. The van der Waals surface area contributed by atoms with Crippen LogP contribution in [0, 0.1) is 5.92 Å². The molecule has 2 N–H and O–H groups in total. The maximum atomic E-state index is 5.23. The Labute approximate surface area is 110 Å². The summed E-state index contributed by atoms with van der Waals surface area (Å²) in [5.41, 5.74) is 2.33. The van der Waals surface area contributed by atoms with E-state index in [2.05, 4.69) is 29.5 Å². The Morgan fingerprint density at radius 1 is 1.28 bits per heavy atom. The van der Waals surface area contributed by atoms with E-state index in [1.165, 1.54) is 5.56 Å². The first-order valence-electron chi connectivity index (χ1n) is 6.53. The average molecular weight is 251 g/mol. The number of hydrogen-bond donors (Lipinski definition) is 2. The molecule has 4 nitrogen and oxygen atoms in total. The highest BCUT2D eigenvalue weighted by atomic mass is 16.5. The number of methoxy groups -OCH3 is 1. The fourth-order valence-electron chi connectivity index (χ4n) is 1.57. The molecule has 1 aromatic rings. The average Bonchev–Trinajstić information content (AvgIpc) is 2.36. The molecule has 0 amide bonds. The Balaban J connectivity index is 2.50. The molecule has 0 aliphatic carbocycles. The number of hydrogen-bond acceptors (Lipinski definition) is 4. The van der Waals surface area contributed by atoms with E-state index in [-0.39, 0.29) is 6.10 Å². The molecule has 1 heterocycles. The van der Waals surface area contributed by atoms with Gasteiger partial charge >= 0.3 is 0 Å². The normalized spacial score (nSPS) is 12.7. The van der Waals surface area contributed by atoms with Crippen molar-refractivity contribution >= 4 is 5.69 Å². The summed E-state index contributed by atoms with van der Waals surface area (Å²) in [6.45, 7) is 9.12. The van der Waals surface area contributed by atoms with Crippen LogP contribution < -0.4 is 10.6 Å². The van der Waals surface area contributed by atoms with E-state index in [0.29, 0.717) is 5.92 Å². The van der Waals surface area contributed by atoms with E-state index in [9.17, 15) is 0 Å². The molecule has 1 rings (SSSR count). The van der Waals surface area contributed by atoms with Crippen molar-refractivity contribution in [1.82, 2.24) is 10.3 Å². The van der Waals surface area contributed by atoms with E-state index in [4.69, 9.17) is 4.74 Å². The fraction of sp³-hybridized carbons (Fsp3) is 0.643. The molecule has 0 radical (unpaired) electrons. The largest absolute Gasteiger partial charge is 0.382 e. The standard InChI is InChI=1S/C14H25N3O/c1-11(2)7-16-10-13-9-15-6-5-14(13)17-8-12(3)18-4/h5-6,9,11-12,16H,7-8,10H2,1-4H3,(H,15,17). The Bertz CT molecular complexity index is 342. The molecule has 4 heteroatoms. The van der Waals surface area contributed by atoms with Crippen molar-refractivity contribution in [2.24, 2.45) is 5.92 Å². The zero-order chi connectivity index (χ0) is 13.4. The van der Waals surface area contributed by atoms with Crippen molar-refractivity contribution in [3.8, 4) is 0 Å². The van der Waals surface area contributed by atoms with Gasteiger partial charge in [0.2, 0.25) is 0 Å².